The quantitative estimate of drug-likeness (QED) is 0.629. The second-order valence-electron chi connectivity index (χ2n) is 6.70. The van der Waals surface area contributed by atoms with Crippen LogP contribution in [0, 0.1) is 17.1 Å². The van der Waals surface area contributed by atoms with Gasteiger partial charge < -0.3 is 14.6 Å². The van der Waals surface area contributed by atoms with Crippen molar-refractivity contribution >= 4 is 11.7 Å². The third kappa shape index (κ3) is 3.65. The van der Waals surface area contributed by atoms with Gasteiger partial charge in [0.2, 0.25) is 0 Å². The maximum Gasteiger partial charge on any atom is 0.260 e. The van der Waals surface area contributed by atoms with E-state index >= 15 is 0 Å². The van der Waals surface area contributed by atoms with Crippen molar-refractivity contribution in [1.29, 1.82) is 5.26 Å². The number of pyridine rings is 1. The van der Waals surface area contributed by atoms with Gasteiger partial charge in [-0.3, -0.25) is 4.79 Å². The molecule has 2 bridgehead atoms. The molecule has 1 amide bonds. The van der Waals surface area contributed by atoms with Crippen LogP contribution in [0.5, 0.6) is 5.75 Å². The summed E-state index contributed by atoms with van der Waals surface area (Å²) in [7, 11) is 0. The summed E-state index contributed by atoms with van der Waals surface area (Å²) in [6.45, 7) is 2.33. The van der Waals surface area contributed by atoms with Crippen molar-refractivity contribution in [3.8, 4) is 23.3 Å². The van der Waals surface area contributed by atoms with E-state index in [0.717, 1.165) is 12.5 Å². The van der Waals surface area contributed by atoms with Crippen molar-refractivity contribution in [2.75, 3.05) is 11.9 Å². The van der Waals surface area contributed by atoms with Gasteiger partial charge in [-0.1, -0.05) is 6.07 Å². The predicted octanol–water partition coefficient (Wildman–Crippen LogP) is 3.34. The predicted molar refractivity (Wildman–Crippen MR) is 102 cm³/mol. The van der Waals surface area contributed by atoms with Crippen LogP contribution in [0.2, 0.25) is 0 Å². The molecular formula is C20H17FN6O2. The summed E-state index contributed by atoms with van der Waals surface area (Å²) in [5.41, 5.74) is 0.410. The van der Waals surface area contributed by atoms with E-state index in [0.29, 0.717) is 23.8 Å². The van der Waals surface area contributed by atoms with Crippen LogP contribution < -0.4 is 10.1 Å². The molecule has 4 rings (SSSR count). The number of aromatic nitrogens is 4. The highest BCUT2D eigenvalue weighted by molar-refractivity contribution is 6.06. The van der Waals surface area contributed by atoms with Crippen molar-refractivity contribution in [1.82, 2.24) is 19.7 Å². The van der Waals surface area contributed by atoms with Crippen LogP contribution in [-0.4, -0.2) is 32.3 Å². The number of rotatable bonds is 0. The first-order valence-electron chi connectivity index (χ1n) is 9.11. The normalized spacial score (nSPS) is 16.4. The lowest BCUT2D eigenvalue weighted by atomic mass is 10.1. The first-order chi connectivity index (χ1) is 14.1. The summed E-state index contributed by atoms with van der Waals surface area (Å²) in [6.07, 6.45) is 3.06. The molecule has 2 aromatic heterocycles. The number of benzene rings is 1. The van der Waals surface area contributed by atoms with Gasteiger partial charge in [0.25, 0.3) is 5.91 Å². The van der Waals surface area contributed by atoms with E-state index in [1.54, 1.807) is 30.6 Å². The minimum Gasteiger partial charge on any atom is -0.493 e. The summed E-state index contributed by atoms with van der Waals surface area (Å²) in [5.74, 6) is -0.304. The fourth-order valence-electron chi connectivity index (χ4n) is 3.20. The summed E-state index contributed by atoms with van der Waals surface area (Å²) in [5, 5.41) is 19.9. The molecular weight excluding hydrogens is 375 g/mol. The van der Waals surface area contributed by atoms with Crippen LogP contribution in [-0.2, 0) is 0 Å². The third-order valence-electron chi connectivity index (χ3n) is 4.73. The van der Waals surface area contributed by atoms with E-state index in [4.69, 9.17) is 10.00 Å². The van der Waals surface area contributed by atoms with Gasteiger partial charge in [-0.2, -0.15) is 5.26 Å². The summed E-state index contributed by atoms with van der Waals surface area (Å²) < 4.78 is 21.7. The number of hydrogen-bond acceptors (Lipinski definition) is 6. The number of hydrogen-bond donors (Lipinski definition) is 1. The zero-order chi connectivity index (χ0) is 20.4. The lowest BCUT2D eigenvalue weighted by Gasteiger charge is -2.17. The van der Waals surface area contributed by atoms with E-state index in [9.17, 15) is 9.18 Å². The lowest BCUT2D eigenvalue weighted by molar-refractivity contribution is 0.102. The molecule has 3 aromatic rings. The monoisotopic (exact) mass is 392 g/mol. The van der Waals surface area contributed by atoms with E-state index in [1.807, 2.05) is 11.5 Å². The van der Waals surface area contributed by atoms with Gasteiger partial charge in [-0.05, 0) is 38.0 Å². The number of fused-ring (bicyclic) bond motifs is 5. The Hall–Kier alpha value is -3.80. The van der Waals surface area contributed by atoms with Gasteiger partial charge in [-0.25, -0.2) is 9.37 Å². The number of amides is 1. The maximum absolute atomic E-state index is 14.1. The molecule has 0 saturated carbocycles. The Bertz CT molecular complexity index is 1120. The zero-order valence-electron chi connectivity index (χ0n) is 15.6. The number of carbonyl (C=O) groups is 1. The number of carbonyl (C=O) groups excluding carboxylic acids is 1. The first-order valence-corrected chi connectivity index (χ1v) is 9.11. The Morgan fingerprint density at radius 2 is 2.24 bits per heavy atom. The Morgan fingerprint density at radius 3 is 3.07 bits per heavy atom. The van der Waals surface area contributed by atoms with E-state index in [2.05, 4.69) is 20.5 Å². The molecule has 146 valence electrons. The molecule has 1 aromatic carbocycles. The highest BCUT2D eigenvalue weighted by atomic mass is 19.1. The molecule has 8 nitrogen and oxygen atoms in total. The number of nitrogens with one attached hydrogen (secondary N) is 1. The van der Waals surface area contributed by atoms with Crippen molar-refractivity contribution in [3.63, 3.8) is 0 Å². The molecule has 0 aliphatic carbocycles. The molecule has 0 spiro atoms. The topological polar surface area (TPSA) is 106 Å². The van der Waals surface area contributed by atoms with Crippen molar-refractivity contribution in [2.45, 2.75) is 25.8 Å². The largest absolute Gasteiger partial charge is 0.493 e. The van der Waals surface area contributed by atoms with Gasteiger partial charge in [0, 0.05) is 12.1 Å². The lowest BCUT2D eigenvalue weighted by Crippen LogP contribution is -2.17. The standard InChI is InChI=1S/C20H17FN6O2/c1-12-4-3-7-29-17-9-15(21)13(10-22)8-14(17)20(28)25-18-6-2-5-16(24-18)19-26-23-11-27(12)19/h2,5-6,8-9,11-12H,3-4,7H2,1H3,(H,24,25,28). The first kappa shape index (κ1) is 18.6. The van der Waals surface area contributed by atoms with Crippen LogP contribution in [0.1, 0.15) is 41.7 Å². The van der Waals surface area contributed by atoms with Crippen LogP contribution in [0.15, 0.2) is 36.7 Å². The Labute approximate surface area is 166 Å². The van der Waals surface area contributed by atoms with Crippen molar-refractivity contribution in [2.24, 2.45) is 0 Å². The molecule has 29 heavy (non-hydrogen) atoms. The number of nitriles is 1. The molecule has 0 fully saturated rings. The van der Waals surface area contributed by atoms with Crippen molar-refractivity contribution in [3.05, 3.63) is 53.6 Å². The van der Waals surface area contributed by atoms with Gasteiger partial charge in [0.15, 0.2) is 5.82 Å². The maximum atomic E-state index is 14.1. The molecule has 0 saturated heterocycles. The Morgan fingerprint density at radius 1 is 1.38 bits per heavy atom. The molecule has 1 unspecified atom stereocenters. The Kier molecular flexibility index (Phi) is 4.91. The molecule has 1 atom stereocenters. The second-order valence-corrected chi connectivity index (χ2v) is 6.70. The number of nitrogens with zero attached hydrogens (tertiary/aromatic N) is 5. The molecule has 1 N–H and O–H groups in total. The number of anilines is 1. The van der Waals surface area contributed by atoms with Gasteiger partial charge >= 0.3 is 0 Å². The molecule has 9 heteroatoms. The van der Waals surface area contributed by atoms with Gasteiger partial charge in [-0.15, -0.1) is 10.2 Å². The second kappa shape index (κ2) is 7.67. The van der Waals surface area contributed by atoms with Crippen LogP contribution in [0.25, 0.3) is 11.5 Å². The minimum atomic E-state index is -0.734. The molecule has 1 aliphatic heterocycles. The van der Waals surface area contributed by atoms with Gasteiger partial charge in [0.05, 0.1) is 17.7 Å². The smallest absolute Gasteiger partial charge is 0.260 e. The van der Waals surface area contributed by atoms with Gasteiger partial charge in [0.1, 0.15) is 35.5 Å². The van der Waals surface area contributed by atoms with Crippen LogP contribution in [0.4, 0.5) is 10.2 Å². The number of ether oxygens (including phenoxy) is 1. The third-order valence-corrected chi connectivity index (χ3v) is 4.73. The average Bonchev–Trinajstić information content (AvgIpc) is 3.20. The number of halogens is 1. The highest BCUT2D eigenvalue weighted by Gasteiger charge is 2.20. The molecule has 1 aliphatic rings. The van der Waals surface area contributed by atoms with E-state index < -0.39 is 11.7 Å². The SMILES string of the molecule is CC1CCCOc2cc(F)c(C#N)cc2C(=O)Nc2cccc(n2)-c2nncn21. The van der Waals surface area contributed by atoms with Crippen molar-refractivity contribution < 1.29 is 13.9 Å². The van der Waals surface area contributed by atoms with Crippen LogP contribution in [0.3, 0.4) is 0 Å². The summed E-state index contributed by atoms with van der Waals surface area (Å²) >= 11 is 0. The molecule has 3 heterocycles. The van der Waals surface area contributed by atoms with E-state index in [1.165, 1.54) is 6.07 Å². The molecule has 0 radical (unpaired) electrons. The average molecular weight is 392 g/mol. The minimum absolute atomic E-state index is 0.0726. The fraction of sp³-hybridized carbons (Fsp3) is 0.250. The Balaban J connectivity index is 1.79. The summed E-state index contributed by atoms with van der Waals surface area (Å²) in [6, 6.07) is 9.26. The van der Waals surface area contributed by atoms with Crippen LogP contribution >= 0.6 is 0 Å². The van der Waals surface area contributed by atoms with E-state index in [-0.39, 0.29) is 29.5 Å². The zero-order valence-corrected chi connectivity index (χ0v) is 15.6. The summed E-state index contributed by atoms with van der Waals surface area (Å²) in [4.78, 5) is 17.3. The fourth-order valence-corrected chi connectivity index (χ4v) is 3.20. The highest BCUT2D eigenvalue weighted by Crippen LogP contribution is 2.27.